The van der Waals surface area contributed by atoms with Crippen LogP contribution in [0.15, 0.2) is 18.2 Å². The number of fused-ring (bicyclic) bond motifs is 1. The molecule has 1 fully saturated rings. The van der Waals surface area contributed by atoms with E-state index in [0.29, 0.717) is 30.9 Å². The first-order valence-corrected chi connectivity index (χ1v) is 12.4. The second-order valence-electron chi connectivity index (χ2n) is 9.82. The molecule has 2 aliphatic rings. The molecule has 2 heterocycles. The van der Waals surface area contributed by atoms with E-state index in [1.807, 2.05) is 6.92 Å². The van der Waals surface area contributed by atoms with E-state index in [1.54, 1.807) is 6.07 Å². The lowest BCUT2D eigenvalue weighted by atomic mass is 9.67. The molecule has 9 nitrogen and oxygen atoms in total. The number of anilines is 1. The number of unbranched alkanes of at least 4 members (excludes halogenated alkanes) is 1. The van der Waals surface area contributed by atoms with Crippen LogP contribution in [0.5, 0.6) is 0 Å². The van der Waals surface area contributed by atoms with Gasteiger partial charge in [0.05, 0.1) is 11.0 Å². The summed E-state index contributed by atoms with van der Waals surface area (Å²) in [6.07, 6.45) is 4.65. The topological polar surface area (TPSA) is 113 Å². The Morgan fingerprint density at radius 3 is 2.50 bits per heavy atom. The second kappa shape index (κ2) is 10.5. The number of carbonyl (C=O) groups is 3. The summed E-state index contributed by atoms with van der Waals surface area (Å²) < 4.78 is 0. The van der Waals surface area contributed by atoms with E-state index in [-0.39, 0.29) is 18.7 Å². The number of nitrogens with one attached hydrogen (secondary N) is 1. The summed E-state index contributed by atoms with van der Waals surface area (Å²) in [5.74, 6) is -0.653. The van der Waals surface area contributed by atoms with Crippen molar-refractivity contribution in [1.29, 1.82) is 0 Å². The summed E-state index contributed by atoms with van der Waals surface area (Å²) in [4.78, 5) is 54.5. The van der Waals surface area contributed by atoms with Crippen LogP contribution < -0.4 is 10.2 Å². The molecule has 1 aromatic carbocycles. The number of nitro benzene ring substituents is 1. The van der Waals surface area contributed by atoms with E-state index >= 15 is 0 Å². The van der Waals surface area contributed by atoms with Gasteiger partial charge in [-0.25, -0.2) is 4.79 Å². The van der Waals surface area contributed by atoms with Crippen molar-refractivity contribution in [2.24, 2.45) is 11.3 Å². The van der Waals surface area contributed by atoms with E-state index in [2.05, 4.69) is 31.0 Å². The van der Waals surface area contributed by atoms with Crippen molar-refractivity contribution in [2.45, 2.75) is 78.7 Å². The molecule has 0 radical (unpaired) electrons. The number of benzene rings is 1. The number of hydrogen-bond donors (Lipinski definition) is 1. The molecule has 0 saturated carbocycles. The Kier molecular flexibility index (Phi) is 7.94. The molecule has 0 aromatic heterocycles. The molecule has 186 valence electrons. The Labute approximate surface area is 201 Å². The number of carbonyl (C=O) groups excluding carboxylic acids is 3. The molecule has 3 rings (SSSR count). The molecular formula is C25H36N4O5. The smallest absolute Gasteiger partial charge is 0.330 e. The largest absolute Gasteiger partial charge is 0.367 e. The minimum absolute atomic E-state index is 0.0376. The standard InChI is InChI=1S/C25H36N4O5/c1-5-7-13-27-20-12-11-19(29(33)34)15-18(20)16-25(21(27)9-6-2)22(30)26-24(32)28(23(25)31)14-8-10-17(3)4/h11-12,15,17,21H,5-10,13-14,16H2,1-4H3,(H,26,30,32)/t21-,25-/m1/s1. The molecule has 0 bridgehead atoms. The number of hydrogen-bond acceptors (Lipinski definition) is 6. The first-order valence-electron chi connectivity index (χ1n) is 12.4. The van der Waals surface area contributed by atoms with Crippen molar-refractivity contribution in [3.05, 3.63) is 33.9 Å². The number of amides is 4. The van der Waals surface area contributed by atoms with Gasteiger partial charge in [0.2, 0.25) is 11.8 Å². The number of nitrogens with zero attached hydrogens (tertiary/aromatic N) is 3. The summed E-state index contributed by atoms with van der Waals surface area (Å²) in [6.45, 7) is 9.10. The maximum Gasteiger partial charge on any atom is 0.330 e. The molecular weight excluding hydrogens is 436 g/mol. The summed E-state index contributed by atoms with van der Waals surface area (Å²) in [5, 5.41) is 13.9. The van der Waals surface area contributed by atoms with Crippen LogP contribution in [0.1, 0.15) is 71.8 Å². The van der Waals surface area contributed by atoms with Crippen LogP contribution in [0.2, 0.25) is 0 Å². The third-order valence-corrected chi connectivity index (χ3v) is 6.97. The van der Waals surface area contributed by atoms with Gasteiger partial charge in [-0.3, -0.25) is 29.9 Å². The summed E-state index contributed by atoms with van der Waals surface area (Å²) in [5.41, 5.74) is -0.158. The van der Waals surface area contributed by atoms with Gasteiger partial charge in [0.1, 0.15) is 0 Å². The predicted molar refractivity (Wildman–Crippen MR) is 130 cm³/mol. The van der Waals surface area contributed by atoms with Gasteiger partial charge < -0.3 is 4.90 Å². The van der Waals surface area contributed by atoms with Crippen molar-refractivity contribution >= 4 is 29.2 Å². The fourth-order valence-electron chi connectivity index (χ4n) is 5.26. The zero-order valence-corrected chi connectivity index (χ0v) is 20.6. The van der Waals surface area contributed by atoms with Crippen LogP contribution in [0.3, 0.4) is 0 Å². The van der Waals surface area contributed by atoms with Gasteiger partial charge in [0.25, 0.3) is 5.69 Å². The van der Waals surface area contributed by atoms with E-state index < -0.39 is 34.2 Å². The summed E-state index contributed by atoms with van der Waals surface area (Å²) in [6, 6.07) is 3.56. The average Bonchev–Trinajstić information content (AvgIpc) is 2.78. The highest BCUT2D eigenvalue weighted by atomic mass is 16.6. The minimum Gasteiger partial charge on any atom is -0.367 e. The summed E-state index contributed by atoms with van der Waals surface area (Å²) in [7, 11) is 0. The van der Waals surface area contributed by atoms with Crippen molar-refractivity contribution in [3.63, 3.8) is 0 Å². The maximum atomic E-state index is 14.0. The number of barbiturate groups is 1. The lowest BCUT2D eigenvalue weighted by Gasteiger charge is -2.52. The van der Waals surface area contributed by atoms with Gasteiger partial charge in [0, 0.05) is 37.3 Å². The molecule has 2 atom stereocenters. The molecule has 34 heavy (non-hydrogen) atoms. The fourth-order valence-corrected chi connectivity index (χ4v) is 5.26. The van der Waals surface area contributed by atoms with Crippen LogP contribution >= 0.6 is 0 Å². The zero-order valence-electron chi connectivity index (χ0n) is 20.6. The predicted octanol–water partition coefficient (Wildman–Crippen LogP) is 4.43. The van der Waals surface area contributed by atoms with Crippen LogP contribution in [0, 0.1) is 21.4 Å². The molecule has 2 aliphatic heterocycles. The van der Waals surface area contributed by atoms with Gasteiger partial charge in [-0.05, 0) is 43.2 Å². The Balaban J connectivity index is 2.12. The lowest BCUT2D eigenvalue weighted by Crippen LogP contribution is -2.72. The fraction of sp³-hybridized carbons (Fsp3) is 0.640. The molecule has 4 amide bonds. The van der Waals surface area contributed by atoms with Gasteiger partial charge >= 0.3 is 6.03 Å². The SMILES string of the molecule is CCCCN1c2ccc([N+](=O)[O-])cc2C[C@]2(C(=O)NC(=O)N(CCCC(C)C)C2=O)[C@H]1CCC. The van der Waals surface area contributed by atoms with Crippen LogP contribution in [0.4, 0.5) is 16.2 Å². The normalized spacial score (nSPS) is 22.4. The minimum atomic E-state index is -1.50. The number of rotatable bonds is 10. The number of non-ortho nitro benzene ring substituents is 1. The van der Waals surface area contributed by atoms with Gasteiger partial charge in [-0.1, -0.05) is 40.5 Å². The van der Waals surface area contributed by atoms with E-state index in [9.17, 15) is 24.5 Å². The third-order valence-electron chi connectivity index (χ3n) is 6.97. The van der Waals surface area contributed by atoms with Crippen LogP contribution in [0.25, 0.3) is 0 Å². The van der Waals surface area contributed by atoms with E-state index in [0.717, 1.165) is 31.4 Å². The monoisotopic (exact) mass is 472 g/mol. The van der Waals surface area contributed by atoms with Crippen molar-refractivity contribution in [3.8, 4) is 0 Å². The quantitative estimate of drug-likeness (QED) is 0.306. The Morgan fingerprint density at radius 2 is 1.88 bits per heavy atom. The van der Waals surface area contributed by atoms with Gasteiger partial charge in [-0.2, -0.15) is 0 Å². The van der Waals surface area contributed by atoms with Crippen LogP contribution in [-0.4, -0.2) is 46.8 Å². The lowest BCUT2D eigenvalue weighted by molar-refractivity contribution is -0.384. The van der Waals surface area contributed by atoms with Crippen molar-refractivity contribution in [2.75, 3.05) is 18.0 Å². The van der Waals surface area contributed by atoms with E-state index in [4.69, 9.17) is 0 Å². The maximum absolute atomic E-state index is 14.0. The third kappa shape index (κ3) is 4.65. The highest BCUT2D eigenvalue weighted by Crippen LogP contribution is 2.47. The molecule has 0 unspecified atom stereocenters. The second-order valence-corrected chi connectivity index (χ2v) is 9.82. The van der Waals surface area contributed by atoms with Gasteiger partial charge in [-0.15, -0.1) is 0 Å². The van der Waals surface area contributed by atoms with E-state index in [1.165, 1.54) is 17.0 Å². The number of urea groups is 1. The average molecular weight is 473 g/mol. The highest BCUT2D eigenvalue weighted by Gasteiger charge is 2.61. The van der Waals surface area contributed by atoms with Crippen molar-refractivity contribution < 1.29 is 19.3 Å². The first kappa shape index (κ1) is 25.6. The molecule has 1 aromatic rings. The Bertz CT molecular complexity index is 963. The van der Waals surface area contributed by atoms with Crippen LogP contribution in [-0.2, 0) is 16.0 Å². The molecule has 0 aliphatic carbocycles. The first-order chi connectivity index (χ1) is 16.2. The van der Waals surface area contributed by atoms with Crippen molar-refractivity contribution in [1.82, 2.24) is 10.2 Å². The highest BCUT2D eigenvalue weighted by molar-refractivity contribution is 6.20. The zero-order chi connectivity index (χ0) is 25.0. The molecule has 1 spiro atoms. The number of nitro groups is 1. The Hall–Kier alpha value is -2.97. The molecule has 9 heteroatoms. The summed E-state index contributed by atoms with van der Waals surface area (Å²) >= 11 is 0. The Morgan fingerprint density at radius 1 is 1.15 bits per heavy atom. The molecule has 1 saturated heterocycles. The van der Waals surface area contributed by atoms with Gasteiger partial charge in [0.15, 0.2) is 5.41 Å². The number of imide groups is 2. The molecule has 1 N–H and O–H groups in total.